The molecule has 522 valence electrons. The van der Waals surface area contributed by atoms with Gasteiger partial charge in [0.05, 0.1) is 71.0 Å². The topological polar surface area (TPSA) is 346 Å². The lowest BCUT2D eigenvalue weighted by Crippen LogP contribution is -2.45. The Labute approximate surface area is 557 Å². The SMILES string of the molecule is CC1CCC(CC2CCC(N3C(=O)C4C(C3=O)C4C3C4C(=O)N(C)C(=O)C43)CC2)CC1.CNC(=O)C1C(C(=O)O)C1C1C(C(=O)O)C1C(=O)NC1CCC(CC2CCC(C)CC2)CC1.NC1CCC(CC2CCC(N)CC2)CC1.O=C1OC(=O)C2C1C2C1C2C(=O)OC(=O)C21. The van der Waals surface area contributed by atoms with Crippen LogP contribution in [0.15, 0.2) is 0 Å². The maximum absolute atomic E-state index is 13.1. The lowest BCUT2D eigenvalue weighted by Gasteiger charge is -2.37. The number of amides is 6. The van der Waals surface area contributed by atoms with Crippen molar-refractivity contribution in [2.24, 2.45) is 165 Å². The maximum Gasteiger partial charge on any atom is 0.317 e. The van der Waals surface area contributed by atoms with Crippen molar-refractivity contribution >= 4 is 71.3 Å². The molecule has 0 spiro atoms. The van der Waals surface area contributed by atoms with E-state index in [9.17, 15) is 67.7 Å². The second-order valence-corrected chi connectivity index (χ2v) is 33.2. The van der Waals surface area contributed by atoms with Crippen LogP contribution < -0.4 is 22.1 Å². The van der Waals surface area contributed by atoms with Crippen molar-refractivity contribution in [2.45, 2.75) is 211 Å². The minimum Gasteiger partial charge on any atom is -0.481 e. The van der Waals surface area contributed by atoms with Crippen LogP contribution in [0.25, 0.3) is 0 Å². The molecule has 16 fully saturated rings. The van der Waals surface area contributed by atoms with Crippen LogP contribution in [0.2, 0.25) is 0 Å². The number of nitrogens with two attached hydrogens (primary N) is 2. The van der Waals surface area contributed by atoms with Gasteiger partial charge < -0.3 is 41.8 Å². The van der Waals surface area contributed by atoms with Crippen molar-refractivity contribution in [3.05, 3.63) is 0 Å². The number of nitrogens with zero attached hydrogens (tertiary/aromatic N) is 2. The highest BCUT2D eigenvalue weighted by atomic mass is 16.6. The summed E-state index contributed by atoms with van der Waals surface area (Å²) in [6.07, 6.45) is 33.7. The molecule has 6 amide bonds. The number of carboxylic acid groups (broad SMARTS) is 2. The Hall–Kier alpha value is -5.64. The molecular weight excluding hydrogens is 1220 g/mol. The number of esters is 4. The summed E-state index contributed by atoms with van der Waals surface area (Å²) in [4.78, 5) is 147. The maximum atomic E-state index is 13.1. The molecule has 8 N–H and O–H groups in total. The van der Waals surface area contributed by atoms with Crippen LogP contribution in [0, 0.1) is 154 Å². The quantitative estimate of drug-likeness (QED) is 0.0567. The fourth-order valence-corrected chi connectivity index (χ4v) is 21.5. The Morgan fingerprint density at radius 3 is 1.03 bits per heavy atom. The molecule has 14 atom stereocenters. The molecule has 16 aliphatic rings. The first-order chi connectivity index (χ1) is 45.4. The van der Waals surface area contributed by atoms with E-state index in [0.29, 0.717) is 18.0 Å². The van der Waals surface area contributed by atoms with E-state index in [2.05, 4.69) is 34.0 Å². The van der Waals surface area contributed by atoms with Gasteiger partial charge in [0.1, 0.15) is 0 Å². The van der Waals surface area contributed by atoms with Crippen molar-refractivity contribution in [3.63, 3.8) is 0 Å². The number of carboxylic acids is 2. The summed E-state index contributed by atoms with van der Waals surface area (Å²) < 4.78 is 8.86. The molecule has 0 aromatic heterocycles. The number of hydrogen-bond acceptors (Lipinski definition) is 16. The summed E-state index contributed by atoms with van der Waals surface area (Å²) in [7, 11) is 2.97. The normalized spacial score (nSPS) is 46.1. The third-order valence-corrected chi connectivity index (χ3v) is 27.4. The smallest absolute Gasteiger partial charge is 0.317 e. The number of piperidine rings is 2. The number of carbonyl (C=O) groups is 12. The standard InChI is InChI=1S/C25H38N2O6.C25H34N2O4.C13H26N2.C10H6O6/c1-12-3-5-13(6-4-12)11-14-7-9-15(10-8-14)27-23(29)19-17(21(19)25(32)33)16-18(22(28)26-2)20(16)24(30)31;1-12-3-5-13(6-4-12)11-14-7-9-15(10-8-14)27-24(30)20-17(21(20)25(27)31)16-18-19(16)23(29)26(2)22(18)28;14-12-5-1-10(2-6-12)9-11-3-7-13(15)8-4-11;11-7-3-1(4(3)8(12)15-7)2-5-6(2)10(14)16-9(5)13/h12-21H,3-11H2,1-2H3,(H,26,28)(H,27,29)(H,30,31)(H,32,33);12-21H,3-11H2,1-2H3;10-13H,1-9,14-15H2;1-6H. The fourth-order valence-electron chi connectivity index (χ4n) is 21.5. The Bertz CT molecular complexity index is 2890. The number of carbonyl (C=O) groups excluding carboxylic acids is 10. The Morgan fingerprint density at radius 2 is 0.695 bits per heavy atom. The molecule has 22 heteroatoms. The highest BCUT2D eigenvalue weighted by Crippen LogP contribution is 2.71. The molecule has 4 saturated heterocycles. The molecule has 12 aliphatic carbocycles. The molecule has 0 aromatic carbocycles. The summed E-state index contributed by atoms with van der Waals surface area (Å²) >= 11 is 0. The number of ether oxygens (including phenoxy) is 2. The second kappa shape index (κ2) is 27.2. The molecule has 14 unspecified atom stereocenters. The van der Waals surface area contributed by atoms with E-state index in [0.717, 1.165) is 92.8 Å². The predicted molar refractivity (Wildman–Crippen MR) is 340 cm³/mol. The Balaban J connectivity index is 0.000000121. The van der Waals surface area contributed by atoms with Crippen LogP contribution in [0.4, 0.5) is 0 Å². The van der Waals surface area contributed by atoms with Crippen molar-refractivity contribution in [1.29, 1.82) is 0 Å². The lowest BCUT2D eigenvalue weighted by molar-refractivity contribution is -0.160. The van der Waals surface area contributed by atoms with Crippen LogP contribution in [-0.2, 0) is 67.0 Å². The van der Waals surface area contributed by atoms with E-state index in [-0.39, 0.29) is 89.0 Å². The first-order valence-corrected chi connectivity index (χ1v) is 37.1. The molecule has 0 radical (unpaired) electrons. The Kier molecular flexibility index (Phi) is 19.5. The van der Waals surface area contributed by atoms with Crippen LogP contribution in [0.5, 0.6) is 0 Å². The highest BCUT2D eigenvalue weighted by molar-refractivity contribution is 6.13. The van der Waals surface area contributed by atoms with E-state index in [1.165, 1.54) is 141 Å². The van der Waals surface area contributed by atoms with Gasteiger partial charge in [0.25, 0.3) is 0 Å². The molecular formula is C73H104N6O16. The summed E-state index contributed by atoms with van der Waals surface area (Å²) in [5.74, 6) is -5.90. The molecule has 4 aliphatic heterocycles. The third-order valence-electron chi connectivity index (χ3n) is 27.4. The van der Waals surface area contributed by atoms with Gasteiger partial charge in [-0.05, 0) is 205 Å². The predicted octanol–water partition coefficient (Wildman–Crippen LogP) is 6.66. The van der Waals surface area contributed by atoms with Crippen molar-refractivity contribution in [2.75, 3.05) is 14.1 Å². The first-order valence-electron chi connectivity index (χ1n) is 37.1. The summed E-state index contributed by atoms with van der Waals surface area (Å²) in [5, 5.41) is 24.6. The van der Waals surface area contributed by atoms with E-state index in [4.69, 9.17) is 11.5 Å². The van der Waals surface area contributed by atoms with E-state index < -0.39 is 101 Å². The molecule has 0 aromatic rings. The van der Waals surface area contributed by atoms with Crippen molar-refractivity contribution in [1.82, 2.24) is 20.4 Å². The van der Waals surface area contributed by atoms with Gasteiger partial charge in [0, 0.05) is 38.3 Å². The van der Waals surface area contributed by atoms with E-state index >= 15 is 0 Å². The number of imide groups is 2. The number of aliphatic carboxylic acids is 2. The van der Waals surface area contributed by atoms with E-state index in [1.54, 1.807) is 4.90 Å². The number of fused-ring (bicyclic) bond motifs is 4. The largest absolute Gasteiger partial charge is 0.481 e. The lowest BCUT2D eigenvalue weighted by atomic mass is 9.74. The number of likely N-dealkylation sites (tertiary alicyclic amines) is 2. The van der Waals surface area contributed by atoms with Gasteiger partial charge >= 0.3 is 35.8 Å². The van der Waals surface area contributed by atoms with Crippen LogP contribution in [0.1, 0.15) is 187 Å². The summed E-state index contributed by atoms with van der Waals surface area (Å²) in [6, 6.07) is 1.13. The second-order valence-electron chi connectivity index (χ2n) is 33.2. The molecule has 0 bridgehead atoms. The summed E-state index contributed by atoms with van der Waals surface area (Å²) in [5.41, 5.74) is 11.9. The Morgan fingerprint density at radius 1 is 0.400 bits per heavy atom. The molecule has 4 heterocycles. The average molecular weight is 1320 g/mol. The van der Waals surface area contributed by atoms with Gasteiger partial charge in [0.15, 0.2) is 0 Å². The number of nitrogens with one attached hydrogen (secondary N) is 2. The highest BCUT2D eigenvalue weighted by Gasteiger charge is 2.81. The molecule has 16 rings (SSSR count). The van der Waals surface area contributed by atoms with Crippen molar-refractivity contribution < 1.29 is 77.2 Å². The zero-order valence-electron chi connectivity index (χ0n) is 56.1. The van der Waals surface area contributed by atoms with Crippen molar-refractivity contribution in [3.8, 4) is 0 Å². The zero-order valence-corrected chi connectivity index (χ0v) is 56.1. The van der Waals surface area contributed by atoms with E-state index in [1.807, 2.05) is 0 Å². The minimum atomic E-state index is -1.10. The minimum absolute atomic E-state index is 0.0112. The number of rotatable bonds is 15. The van der Waals surface area contributed by atoms with Crippen LogP contribution in [-0.4, -0.2) is 130 Å². The number of cyclic esters (lactones) is 4. The molecule has 12 saturated carbocycles. The first kappa shape index (κ1) is 67.9. The van der Waals surface area contributed by atoms with Gasteiger partial charge in [-0.3, -0.25) is 67.3 Å². The van der Waals surface area contributed by atoms with Gasteiger partial charge in [-0.2, -0.15) is 0 Å². The molecule has 95 heavy (non-hydrogen) atoms. The number of hydrogen-bond donors (Lipinski definition) is 6. The van der Waals surface area contributed by atoms with Gasteiger partial charge in [-0.25, -0.2) is 0 Å². The van der Waals surface area contributed by atoms with Gasteiger partial charge in [-0.1, -0.05) is 65.2 Å². The molecule has 22 nitrogen and oxygen atoms in total. The fraction of sp³-hybridized carbons (Fsp3) is 0.836. The summed E-state index contributed by atoms with van der Waals surface area (Å²) in [6.45, 7) is 4.71. The zero-order chi connectivity index (χ0) is 67.3. The van der Waals surface area contributed by atoms with Gasteiger partial charge in [-0.15, -0.1) is 0 Å². The van der Waals surface area contributed by atoms with Crippen LogP contribution >= 0.6 is 0 Å². The average Bonchev–Trinajstić information content (AvgIpc) is 1.51. The van der Waals surface area contributed by atoms with Crippen LogP contribution in [0.3, 0.4) is 0 Å². The third kappa shape index (κ3) is 13.6. The van der Waals surface area contributed by atoms with Gasteiger partial charge in [0.2, 0.25) is 35.4 Å². The monoisotopic (exact) mass is 1320 g/mol.